The van der Waals surface area contributed by atoms with E-state index in [9.17, 15) is 30.7 Å². The highest BCUT2D eigenvalue weighted by molar-refractivity contribution is 5.54. The molecule has 1 unspecified atom stereocenters. The molecule has 0 aromatic rings. The number of allylic oxidation sites excluding steroid dienone is 8. The quantitative estimate of drug-likeness (QED) is 0.350. The number of hydrogen-bond donors (Lipinski definition) is 0. The van der Waals surface area contributed by atoms with Crippen LogP contribution in [0.4, 0.5) is 30.7 Å². The summed E-state index contributed by atoms with van der Waals surface area (Å²) in [5.41, 5.74) is -6.35. The van der Waals surface area contributed by atoms with Crippen LogP contribution in [-0.2, 0) is 0 Å². The Morgan fingerprint density at radius 3 is 1.57 bits per heavy atom. The van der Waals surface area contributed by atoms with Gasteiger partial charge in [-0.25, -0.2) is 4.39 Å². The SMILES string of the molecule is CCCC1=CC=C(C#CC2=CC=C(CCC)C(F)(F)C2(F)F)C(C)(F)C1(F)F. The number of hydrogen-bond acceptors (Lipinski definition) is 0. The predicted molar refractivity (Wildman–Crippen MR) is 94.3 cm³/mol. The van der Waals surface area contributed by atoms with Crippen molar-refractivity contribution < 1.29 is 30.7 Å². The normalized spacial score (nSPS) is 27.6. The van der Waals surface area contributed by atoms with Gasteiger partial charge in [0.15, 0.2) is 0 Å². The zero-order valence-electron chi connectivity index (χ0n) is 15.8. The summed E-state index contributed by atoms with van der Waals surface area (Å²) < 4.78 is 100. The van der Waals surface area contributed by atoms with Crippen LogP contribution in [0.25, 0.3) is 0 Å². The molecule has 1 atom stereocenters. The fraction of sp³-hybridized carbons (Fsp3) is 0.524. The maximum absolute atomic E-state index is 14.8. The monoisotopic (exact) mass is 406 g/mol. The maximum Gasteiger partial charge on any atom is 0.346 e. The smallest absolute Gasteiger partial charge is 0.231 e. The van der Waals surface area contributed by atoms with Crippen molar-refractivity contribution in [2.75, 3.05) is 0 Å². The van der Waals surface area contributed by atoms with Crippen molar-refractivity contribution >= 4 is 0 Å². The Bertz CT molecular complexity index is 745. The molecule has 0 N–H and O–H groups in total. The van der Waals surface area contributed by atoms with E-state index in [0.29, 0.717) is 13.3 Å². The summed E-state index contributed by atoms with van der Waals surface area (Å²) in [4.78, 5) is 0. The van der Waals surface area contributed by atoms with E-state index in [1.807, 2.05) is 5.92 Å². The maximum atomic E-state index is 14.8. The molecule has 7 heteroatoms. The van der Waals surface area contributed by atoms with Gasteiger partial charge in [0.25, 0.3) is 0 Å². The molecule has 0 spiro atoms. The molecule has 154 valence electrons. The Balaban J connectivity index is 2.47. The Morgan fingerprint density at radius 1 is 0.643 bits per heavy atom. The van der Waals surface area contributed by atoms with E-state index >= 15 is 0 Å². The summed E-state index contributed by atoms with van der Waals surface area (Å²) in [6.07, 6.45) is 3.97. The molecule has 0 amide bonds. The van der Waals surface area contributed by atoms with Crippen LogP contribution in [0.3, 0.4) is 0 Å². The Labute approximate surface area is 159 Å². The van der Waals surface area contributed by atoms with Crippen LogP contribution in [-0.4, -0.2) is 23.4 Å². The van der Waals surface area contributed by atoms with E-state index in [0.717, 1.165) is 24.3 Å². The van der Waals surface area contributed by atoms with Gasteiger partial charge < -0.3 is 0 Å². The molecule has 2 rings (SSSR count). The van der Waals surface area contributed by atoms with Gasteiger partial charge in [0.1, 0.15) is 0 Å². The van der Waals surface area contributed by atoms with E-state index < -0.39 is 45.7 Å². The highest BCUT2D eigenvalue weighted by Crippen LogP contribution is 2.49. The van der Waals surface area contributed by atoms with Gasteiger partial charge in [-0.05, 0) is 31.9 Å². The van der Waals surface area contributed by atoms with E-state index in [1.54, 1.807) is 19.8 Å². The second-order valence-corrected chi connectivity index (χ2v) is 7.02. The molecule has 2 aliphatic rings. The van der Waals surface area contributed by atoms with Gasteiger partial charge in [-0.15, -0.1) is 0 Å². The number of alkyl halides is 7. The lowest BCUT2D eigenvalue weighted by Crippen LogP contribution is -2.46. The lowest BCUT2D eigenvalue weighted by molar-refractivity contribution is -0.161. The Kier molecular flexibility index (Phi) is 5.94. The summed E-state index contributed by atoms with van der Waals surface area (Å²) in [6.45, 7) is 3.84. The minimum absolute atomic E-state index is 0.0375. The van der Waals surface area contributed by atoms with Crippen molar-refractivity contribution in [3.63, 3.8) is 0 Å². The van der Waals surface area contributed by atoms with Gasteiger partial charge in [0.05, 0.1) is 5.57 Å². The summed E-state index contributed by atoms with van der Waals surface area (Å²) in [7, 11) is 0. The first kappa shape index (κ1) is 22.3. The highest BCUT2D eigenvalue weighted by atomic mass is 19.3. The second kappa shape index (κ2) is 7.46. The summed E-state index contributed by atoms with van der Waals surface area (Å²) in [5.74, 6) is -9.17. The summed E-state index contributed by atoms with van der Waals surface area (Å²) in [5, 5.41) is 0. The van der Waals surface area contributed by atoms with Gasteiger partial charge in [-0.1, -0.05) is 50.7 Å². The van der Waals surface area contributed by atoms with Crippen molar-refractivity contribution in [1.82, 2.24) is 0 Å². The van der Waals surface area contributed by atoms with Crippen molar-refractivity contribution in [3.05, 3.63) is 46.6 Å². The molecule has 0 aliphatic heterocycles. The molecule has 0 bridgehead atoms. The first-order valence-electron chi connectivity index (χ1n) is 9.02. The fourth-order valence-electron chi connectivity index (χ4n) is 3.11. The van der Waals surface area contributed by atoms with Crippen LogP contribution in [0.5, 0.6) is 0 Å². The molecule has 0 aromatic heterocycles. The van der Waals surface area contributed by atoms with Crippen LogP contribution in [0.15, 0.2) is 46.6 Å². The molecular formula is C21H21F7. The van der Waals surface area contributed by atoms with E-state index in [4.69, 9.17) is 0 Å². The van der Waals surface area contributed by atoms with Gasteiger partial charge in [-0.3, -0.25) is 0 Å². The van der Waals surface area contributed by atoms with Crippen LogP contribution >= 0.6 is 0 Å². The molecule has 0 saturated carbocycles. The first-order valence-corrected chi connectivity index (χ1v) is 9.02. The number of halogens is 7. The standard InChI is InChI=1S/C21H21F7/c1-4-6-15-10-8-14(18(3,22)19(15,23)24)9-11-17-13-12-16(7-5-2)20(25,26)21(17,27)28/h8,10,12-13H,4-7H2,1-3H3. The Morgan fingerprint density at radius 2 is 1.07 bits per heavy atom. The topological polar surface area (TPSA) is 0 Å². The van der Waals surface area contributed by atoms with E-state index in [2.05, 4.69) is 0 Å². The van der Waals surface area contributed by atoms with Gasteiger partial charge >= 0.3 is 17.8 Å². The summed E-state index contributed by atoms with van der Waals surface area (Å²) in [6, 6.07) is 0. The van der Waals surface area contributed by atoms with Crippen molar-refractivity contribution in [2.45, 2.75) is 69.9 Å². The molecular weight excluding hydrogens is 385 g/mol. The molecule has 0 heterocycles. The van der Waals surface area contributed by atoms with Crippen LogP contribution < -0.4 is 0 Å². The lowest BCUT2D eigenvalue weighted by atomic mass is 9.80. The van der Waals surface area contributed by atoms with Crippen LogP contribution in [0.1, 0.15) is 46.5 Å². The van der Waals surface area contributed by atoms with Crippen molar-refractivity contribution in [3.8, 4) is 11.8 Å². The summed E-state index contributed by atoms with van der Waals surface area (Å²) >= 11 is 0. The average molecular weight is 406 g/mol. The van der Waals surface area contributed by atoms with Crippen molar-refractivity contribution in [2.24, 2.45) is 0 Å². The zero-order valence-corrected chi connectivity index (χ0v) is 15.8. The third-order valence-electron chi connectivity index (χ3n) is 4.91. The highest BCUT2D eigenvalue weighted by Gasteiger charge is 2.61. The van der Waals surface area contributed by atoms with Crippen LogP contribution in [0, 0.1) is 11.8 Å². The Hall–Kier alpha value is -1.97. The van der Waals surface area contributed by atoms with Crippen LogP contribution in [0.2, 0.25) is 0 Å². The molecule has 0 saturated heterocycles. The minimum atomic E-state index is -4.60. The van der Waals surface area contributed by atoms with E-state index in [1.165, 1.54) is 0 Å². The zero-order chi connectivity index (χ0) is 21.4. The molecule has 0 radical (unpaired) electrons. The van der Waals surface area contributed by atoms with Gasteiger partial charge in [0.2, 0.25) is 5.67 Å². The molecule has 0 fully saturated rings. The number of rotatable bonds is 4. The van der Waals surface area contributed by atoms with E-state index in [-0.39, 0.29) is 19.3 Å². The third-order valence-corrected chi connectivity index (χ3v) is 4.91. The molecule has 28 heavy (non-hydrogen) atoms. The third kappa shape index (κ3) is 3.42. The largest absolute Gasteiger partial charge is 0.346 e. The van der Waals surface area contributed by atoms with Crippen molar-refractivity contribution in [1.29, 1.82) is 0 Å². The molecule has 2 aliphatic carbocycles. The molecule has 0 aromatic carbocycles. The fourth-order valence-corrected chi connectivity index (χ4v) is 3.11. The van der Waals surface area contributed by atoms with Gasteiger partial charge in [-0.2, -0.15) is 26.3 Å². The van der Waals surface area contributed by atoms with Gasteiger partial charge in [0, 0.05) is 16.7 Å². The minimum Gasteiger partial charge on any atom is -0.231 e. The average Bonchev–Trinajstić information content (AvgIpc) is 2.58. The lowest BCUT2D eigenvalue weighted by Gasteiger charge is -2.35. The molecule has 0 nitrogen and oxygen atoms in total. The first-order chi connectivity index (χ1) is 12.8. The predicted octanol–water partition coefficient (Wildman–Crippen LogP) is 6.96. The second-order valence-electron chi connectivity index (χ2n) is 7.02.